The summed E-state index contributed by atoms with van der Waals surface area (Å²) in [5, 5.41) is 3.01. The van der Waals surface area contributed by atoms with Crippen molar-refractivity contribution in [2.75, 3.05) is 13.6 Å². The minimum Gasteiger partial charge on any atom is -0.352 e. The molecule has 0 radical (unpaired) electrons. The van der Waals surface area contributed by atoms with Gasteiger partial charge in [0.15, 0.2) is 0 Å². The number of sulfonamides is 1. The summed E-state index contributed by atoms with van der Waals surface area (Å²) in [7, 11) is 0.308. The van der Waals surface area contributed by atoms with E-state index in [-0.39, 0.29) is 0 Å². The molecule has 0 unspecified atom stereocenters. The highest BCUT2D eigenvalue weighted by molar-refractivity contribution is 7.89. The number of hydrogen-bond acceptors (Lipinski definition) is 3. The Kier molecular flexibility index (Phi) is 5.37. The molecule has 0 amide bonds. The highest BCUT2D eigenvalue weighted by Gasteiger charge is 2.16. The van der Waals surface area contributed by atoms with E-state index in [0.29, 0.717) is 23.9 Å². The van der Waals surface area contributed by atoms with Crippen LogP contribution in [0, 0.1) is 5.92 Å². The second-order valence-electron chi connectivity index (χ2n) is 4.89. The molecule has 0 saturated heterocycles. The molecule has 1 rings (SSSR count). The van der Waals surface area contributed by atoms with Crippen molar-refractivity contribution in [3.8, 4) is 0 Å². The summed E-state index contributed by atoms with van der Waals surface area (Å²) in [5.74, 6) is 0.489. The smallest absolute Gasteiger partial charge is 0.242 e. The second kappa shape index (κ2) is 6.36. The molecule has 0 atom stereocenters. The van der Waals surface area contributed by atoms with E-state index >= 15 is 0 Å². The van der Waals surface area contributed by atoms with E-state index in [9.17, 15) is 8.42 Å². The van der Waals surface area contributed by atoms with Crippen molar-refractivity contribution in [3.63, 3.8) is 0 Å². The van der Waals surface area contributed by atoms with Gasteiger partial charge in [0.05, 0.1) is 4.90 Å². The van der Waals surface area contributed by atoms with Crippen LogP contribution in [0.25, 0.3) is 0 Å². The quantitative estimate of drug-likeness (QED) is 0.781. The molecular weight excluding hydrogens is 250 g/mol. The lowest BCUT2D eigenvalue weighted by molar-refractivity contribution is 0.551. The summed E-state index contributed by atoms with van der Waals surface area (Å²) in [6.45, 7) is 5.28. The predicted octanol–water partition coefficient (Wildman–Crippen LogP) is 1.07. The van der Waals surface area contributed by atoms with Gasteiger partial charge in [0, 0.05) is 32.0 Å². The Bertz CT molecular complexity index is 478. The Balaban J connectivity index is 2.75. The summed E-state index contributed by atoms with van der Waals surface area (Å²) in [4.78, 5) is 0.332. The molecule has 1 heterocycles. The van der Waals surface area contributed by atoms with Crippen molar-refractivity contribution in [3.05, 3.63) is 18.0 Å². The molecule has 1 aromatic rings. The lowest BCUT2D eigenvalue weighted by atomic mass is 10.1. The van der Waals surface area contributed by atoms with Crippen molar-refractivity contribution in [2.45, 2.75) is 31.7 Å². The fourth-order valence-electron chi connectivity index (χ4n) is 1.65. The second-order valence-corrected chi connectivity index (χ2v) is 6.66. The van der Waals surface area contributed by atoms with Crippen LogP contribution in [0.1, 0.15) is 26.0 Å². The van der Waals surface area contributed by atoms with Gasteiger partial charge in [0.25, 0.3) is 0 Å². The zero-order chi connectivity index (χ0) is 13.8. The third kappa shape index (κ3) is 4.12. The molecule has 18 heavy (non-hydrogen) atoms. The van der Waals surface area contributed by atoms with Crippen LogP contribution < -0.4 is 10.0 Å². The topological polar surface area (TPSA) is 63.1 Å². The van der Waals surface area contributed by atoms with Crippen LogP contribution in [0.5, 0.6) is 0 Å². The SMILES string of the molecule is CNCc1cc(S(=O)(=O)NCCC(C)C)cn1C. The van der Waals surface area contributed by atoms with Crippen LogP contribution >= 0.6 is 0 Å². The third-order valence-electron chi connectivity index (χ3n) is 2.76. The molecule has 0 fully saturated rings. The van der Waals surface area contributed by atoms with Crippen molar-refractivity contribution in [1.82, 2.24) is 14.6 Å². The number of hydrogen-bond donors (Lipinski definition) is 2. The zero-order valence-corrected chi connectivity index (χ0v) is 12.3. The van der Waals surface area contributed by atoms with Crippen molar-refractivity contribution in [2.24, 2.45) is 13.0 Å². The van der Waals surface area contributed by atoms with Gasteiger partial charge in [0.2, 0.25) is 10.0 Å². The summed E-state index contributed by atoms with van der Waals surface area (Å²) >= 11 is 0. The molecule has 6 heteroatoms. The van der Waals surface area contributed by atoms with Gasteiger partial charge < -0.3 is 9.88 Å². The molecule has 0 aliphatic carbocycles. The van der Waals surface area contributed by atoms with Crippen molar-refractivity contribution < 1.29 is 8.42 Å². The maximum Gasteiger partial charge on any atom is 0.242 e. The van der Waals surface area contributed by atoms with Crippen LogP contribution in [0.4, 0.5) is 0 Å². The highest BCUT2D eigenvalue weighted by Crippen LogP contribution is 2.13. The Morgan fingerprint density at radius 1 is 1.39 bits per heavy atom. The number of rotatable bonds is 7. The molecule has 0 aliphatic rings. The van der Waals surface area contributed by atoms with Gasteiger partial charge >= 0.3 is 0 Å². The number of aryl methyl sites for hydroxylation is 1. The fourth-order valence-corrected chi connectivity index (χ4v) is 2.79. The molecule has 0 aliphatic heterocycles. The van der Waals surface area contributed by atoms with Crippen molar-refractivity contribution >= 4 is 10.0 Å². The Labute approximate surface area is 110 Å². The van der Waals surface area contributed by atoms with Gasteiger partial charge in [-0.15, -0.1) is 0 Å². The number of aromatic nitrogens is 1. The molecule has 1 aromatic heterocycles. The maximum atomic E-state index is 12.0. The normalized spacial score (nSPS) is 12.3. The van der Waals surface area contributed by atoms with E-state index in [2.05, 4.69) is 23.9 Å². The molecule has 104 valence electrons. The molecule has 0 aromatic carbocycles. The Hall–Kier alpha value is -0.850. The van der Waals surface area contributed by atoms with Crippen LogP contribution in [-0.2, 0) is 23.6 Å². The van der Waals surface area contributed by atoms with Crippen LogP contribution in [0.3, 0.4) is 0 Å². The summed E-state index contributed by atoms with van der Waals surface area (Å²) < 4.78 is 28.5. The minimum atomic E-state index is -3.37. The summed E-state index contributed by atoms with van der Waals surface area (Å²) in [6, 6.07) is 1.70. The van der Waals surface area contributed by atoms with Gasteiger partial charge in [-0.1, -0.05) is 13.8 Å². The van der Waals surface area contributed by atoms with Crippen LogP contribution in [0.15, 0.2) is 17.2 Å². The molecule has 0 bridgehead atoms. The lowest BCUT2D eigenvalue weighted by Crippen LogP contribution is -2.25. The molecule has 2 N–H and O–H groups in total. The minimum absolute atomic E-state index is 0.332. The Morgan fingerprint density at radius 3 is 2.61 bits per heavy atom. The fraction of sp³-hybridized carbons (Fsp3) is 0.667. The first-order valence-corrected chi connectivity index (χ1v) is 7.64. The standard InChI is InChI=1S/C12H23N3O2S/c1-10(2)5-6-14-18(16,17)12-7-11(8-13-3)15(4)9-12/h7,9-10,13-14H,5-6,8H2,1-4H3. The van der Waals surface area contributed by atoms with E-state index < -0.39 is 10.0 Å². The van der Waals surface area contributed by atoms with Gasteiger partial charge in [-0.25, -0.2) is 13.1 Å². The number of nitrogens with zero attached hydrogens (tertiary/aromatic N) is 1. The molecule has 0 spiro atoms. The van der Waals surface area contributed by atoms with E-state index in [1.54, 1.807) is 12.3 Å². The monoisotopic (exact) mass is 273 g/mol. The van der Waals surface area contributed by atoms with Crippen LogP contribution in [-0.4, -0.2) is 26.6 Å². The van der Waals surface area contributed by atoms with E-state index in [0.717, 1.165) is 12.1 Å². The van der Waals surface area contributed by atoms with Gasteiger partial charge in [-0.3, -0.25) is 0 Å². The van der Waals surface area contributed by atoms with E-state index in [1.165, 1.54) is 0 Å². The summed E-state index contributed by atoms with van der Waals surface area (Å²) in [6.07, 6.45) is 2.49. The lowest BCUT2D eigenvalue weighted by Gasteiger charge is -2.06. The average molecular weight is 273 g/mol. The third-order valence-corrected chi connectivity index (χ3v) is 4.19. The van der Waals surface area contributed by atoms with E-state index in [4.69, 9.17) is 0 Å². The zero-order valence-electron chi connectivity index (χ0n) is 11.5. The molecule has 5 nitrogen and oxygen atoms in total. The number of nitrogens with one attached hydrogen (secondary N) is 2. The van der Waals surface area contributed by atoms with E-state index in [1.807, 2.05) is 18.7 Å². The summed E-state index contributed by atoms with van der Waals surface area (Å²) in [5.41, 5.74) is 0.946. The first kappa shape index (κ1) is 15.2. The maximum absolute atomic E-state index is 12.0. The largest absolute Gasteiger partial charge is 0.352 e. The first-order valence-electron chi connectivity index (χ1n) is 6.16. The van der Waals surface area contributed by atoms with Gasteiger partial charge in [-0.2, -0.15) is 0 Å². The molecular formula is C12H23N3O2S. The predicted molar refractivity (Wildman–Crippen MR) is 72.8 cm³/mol. The average Bonchev–Trinajstić information content (AvgIpc) is 2.61. The van der Waals surface area contributed by atoms with Gasteiger partial charge in [0.1, 0.15) is 0 Å². The van der Waals surface area contributed by atoms with Gasteiger partial charge in [-0.05, 0) is 25.5 Å². The van der Waals surface area contributed by atoms with Crippen molar-refractivity contribution in [1.29, 1.82) is 0 Å². The van der Waals surface area contributed by atoms with Crippen LogP contribution in [0.2, 0.25) is 0 Å². The highest BCUT2D eigenvalue weighted by atomic mass is 32.2. The first-order chi connectivity index (χ1) is 8.36. The Morgan fingerprint density at radius 2 is 2.06 bits per heavy atom. The molecule has 0 saturated carbocycles.